The number of carbonyl (C=O) groups excluding carboxylic acids is 1. The summed E-state index contributed by atoms with van der Waals surface area (Å²) in [7, 11) is 0. The van der Waals surface area contributed by atoms with Gasteiger partial charge in [0.25, 0.3) is 0 Å². The van der Waals surface area contributed by atoms with Gasteiger partial charge in [0.15, 0.2) is 0 Å². The second-order valence-corrected chi connectivity index (χ2v) is 4.42. The lowest BCUT2D eigenvalue weighted by atomic mass is 10.1. The van der Waals surface area contributed by atoms with Gasteiger partial charge in [-0.05, 0) is 31.5 Å². The molecule has 0 fully saturated rings. The maximum absolute atomic E-state index is 12.1. The van der Waals surface area contributed by atoms with E-state index in [1.807, 2.05) is 0 Å². The van der Waals surface area contributed by atoms with Crippen LogP contribution in [-0.2, 0) is 4.79 Å². The average Bonchev–Trinajstić information content (AvgIpc) is 2.27. The number of alkyl halides is 2. The minimum absolute atomic E-state index is 0. The number of amides is 1. The van der Waals surface area contributed by atoms with Crippen LogP contribution >= 0.6 is 12.4 Å². The summed E-state index contributed by atoms with van der Waals surface area (Å²) in [6, 6.07) is 5.72. The first-order valence-corrected chi connectivity index (χ1v) is 5.98. The Bertz CT molecular complexity index is 431. The first-order chi connectivity index (χ1) is 8.88. The Morgan fingerprint density at radius 3 is 2.60 bits per heavy atom. The molecule has 7 heteroatoms. The summed E-state index contributed by atoms with van der Waals surface area (Å²) in [5.74, 6) is -0.108. The van der Waals surface area contributed by atoms with Gasteiger partial charge >= 0.3 is 6.61 Å². The molecule has 0 aliphatic heterocycles. The van der Waals surface area contributed by atoms with Gasteiger partial charge in [0.05, 0.1) is 6.04 Å². The van der Waals surface area contributed by atoms with Crippen LogP contribution in [0.25, 0.3) is 0 Å². The maximum Gasteiger partial charge on any atom is 0.387 e. The molecule has 0 aliphatic rings. The quantitative estimate of drug-likeness (QED) is 0.849. The van der Waals surface area contributed by atoms with E-state index in [1.165, 1.54) is 12.1 Å². The van der Waals surface area contributed by atoms with Crippen LogP contribution in [0.5, 0.6) is 5.75 Å². The van der Waals surface area contributed by atoms with E-state index in [0.29, 0.717) is 5.56 Å². The van der Waals surface area contributed by atoms with Crippen LogP contribution < -0.4 is 15.8 Å². The number of carbonyl (C=O) groups is 1. The molecule has 114 valence electrons. The van der Waals surface area contributed by atoms with Gasteiger partial charge in [0, 0.05) is 12.5 Å². The van der Waals surface area contributed by atoms with Gasteiger partial charge in [-0.2, -0.15) is 8.78 Å². The molecule has 1 amide bonds. The summed E-state index contributed by atoms with van der Waals surface area (Å²) in [6.45, 7) is 0.639. The fourth-order valence-corrected chi connectivity index (χ4v) is 1.64. The highest BCUT2D eigenvalue weighted by atomic mass is 35.5. The smallest absolute Gasteiger partial charge is 0.387 e. The van der Waals surface area contributed by atoms with E-state index < -0.39 is 6.61 Å². The predicted octanol–water partition coefficient (Wildman–Crippen LogP) is 2.62. The van der Waals surface area contributed by atoms with Crippen molar-refractivity contribution in [2.24, 2.45) is 5.73 Å². The molecular formula is C13H19ClF2N2O2. The zero-order valence-corrected chi connectivity index (χ0v) is 12.1. The molecule has 2 atom stereocenters. The van der Waals surface area contributed by atoms with Crippen LogP contribution in [0.2, 0.25) is 0 Å². The van der Waals surface area contributed by atoms with Crippen molar-refractivity contribution < 1.29 is 18.3 Å². The lowest BCUT2D eigenvalue weighted by molar-refractivity contribution is -0.122. The van der Waals surface area contributed by atoms with Crippen LogP contribution in [0, 0.1) is 0 Å². The molecule has 3 N–H and O–H groups in total. The van der Waals surface area contributed by atoms with Crippen molar-refractivity contribution in [1.29, 1.82) is 0 Å². The van der Waals surface area contributed by atoms with E-state index in [-0.39, 0.29) is 42.6 Å². The molecule has 0 aromatic heterocycles. The molecule has 1 aromatic rings. The van der Waals surface area contributed by atoms with Crippen LogP contribution in [0.4, 0.5) is 8.78 Å². The largest absolute Gasteiger partial charge is 0.435 e. The topological polar surface area (TPSA) is 64.4 Å². The van der Waals surface area contributed by atoms with Gasteiger partial charge in [0.1, 0.15) is 5.75 Å². The average molecular weight is 309 g/mol. The molecule has 0 radical (unpaired) electrons. The Hall–Kier alpha value is -1.40. The third-order valence-corrected chi connectivity index (χ3v) is 2.47. The van der Waals surface area contributed by atoms with Crippen LogP contribution in [0.3, 0.4) is 0 Å². The zero-order valence-electron chi connectivity index (χ0n) is 11.3. The van der Waals surface area contributed by atoms with Crippen molar-refractivity contribution in [1.82, 2.24) is 5.32 Å². The third kappa shape index (κ3) is 6.68. The number of ether oxygens (including phenoxy) is 1. The van der Waals surface area contributed by atoms with Crippen molar-refractivity contribution in [2.75, 3.05) is 0 Å². The third-order valence-electron chi connectivity index (χ3n) is 2.47. The highest BCUT2D eigenvalue weighted by Crippen LogP contribution is 2.20. The zero-order chi connectivity index (χ0) is 14.4. The van der Waals surface area contributed by atoms with Gasteiger partial charge in [-0.3, -0.25) is 4.79 Å². The highest BCUT2D eigenvalue weighted by molar-refractivity contribution is 5.85. The van der Waals surface area contributed by atoms with Gasteiger partial charge in [-0.1, -0.05) is 12.1 Å². The summed E-state index contributed by atoms with van der Waals surface area (Å²) in [5.41, 5.74) is 6.21. The highest BCUT2D eigenvalue weighted by Gasteiger charge is 2.12. The van der Waals surface area contributed by atoms with Crippen molar-refractivity contribution in [3.8, 4) is 5.75 Å². The van der Waals surface area contributed by atoms with E-state index >= 15 is 0 Å². The summed E-state index contributed by atoms with van der Waals surface area (Å²) in [4.78, 5) is 11.6. The van der Waals surface area contributed by atoms with Crippen molar-refractivity contribution in [3.05, 3.63) is 29.8 Å². The molecule has 0 saturated carbocycles. The van der Waals surface area contributed by atoms with Gasteiger partial charge in [-0.25, -0.2) is 0 Å². The van der Waals surface area contributed by atoms with Crippen molar-refractivity contribution >= 4 is 18.3 Å². The Kier molecular flexibility index (Phi) is 8.10. The summed E-state index contributed by atoms with van der Waals surface area (Å²) in [6.07, 6.45) is 0.220. The molecule has 1 aromatic carbocycles. The van der Waals surface area contributed by atoms with E-state index in [9.17, 15) is 13.6 Å². The summed E-state index contributed by atoms with van der Waals surface area (Å²) < 4.78 is 28.5. The normalized spacial score (nSPS) is 13.3. The standard InChI is InChI=1S/C13H18F2N2O2.ClH/c1-8(16)6-12(18)17-9(2)10-4-3-5-11(7-10)19-13(14)15;/h3-5,7-9,13H,6,16H2,1-2H3,(H,17,18);1H. The van der Waals surface area contributed by atoms with E-state index in [1.54, 1.807) is 26.0 Å². The second-order valence-electron chi connectivity index (χ2n) is 4.42. The molecular weight excluding hydrogens is 290 g/mol. The summed E-state index contributed by atoms with van der Waals surface area (Å²) >= 11 is 0. The Morgan fingerprint density at radius 2 is 2.05 bits per heavy atom. The summed E-state index contributed by atoms with van der Waals surface area (Å²) in [5, 5.41) is 2.75. The minimum Gasteiger partial charge on any atom is -0.435 e. The molecule has 0 bridgehead atoms. The number of nitrogens with two attached hydrogens (primary N) is 1. The second kappa shape index (κ2) is 8.71. The lowest BCUT2D eigenvalue weighted by Crippen LogP contribution is -2.31. The van der Waals surface area contributed by atoms with E-state index in [0.717, 1.165) is 0 Å². The number of nitrogens with one attached hydrogen (secondary N) is 1. The minimum atomic E-state index is -2.86. The van der Waals surface area contributed by atoms with Crippen LogP contribution in [-0.4, -0.2) is 18.6 Å². The van der Waals surface area contributed by atoms with Crippen LogP contribution in [0.15, 0.2) is 24.3 Å². The van der Waals surface area contributed by atoms with Gasteiger partial charge in [0.2, 0.25) is 5.91 Å². The number of hydrogen-bond acceptors (Lipinski definition) is 3. The van der Waals surface area contributed by atoms with Crippen molar-refractivity contribution in [3.63, 3.8) is 0 Å². The maximum atomic E-state index is 12.1. The van der Waals surface area contributed by atoms with Gasteiger partial charge < -0.3 is 15.8 Å². The Labute approximate surface area is 123 Å². The van der Waals surface area contributed by atoms with E-state index in [2.05, 4.69) is 10.1 Å². The lowest BCUT2D eigenvalue weighted by Gasteiger charge is -2.16. The van der Waals surface area contributed by atoms with Crippen molar-refractivity contribution in [2.45, 2.75) is 39.0 Å². The number of rotatable bonds is 6. The molecule has 2 unspecified atom stereocenters. The molecule has 1 rings (SSSR count). The first-order valence-electron chi connectivity index (χ1n) is 5.98. The predicted molar refractivity (Wildman–Crippen MR) is 75.1 cm³/mol. The molecule has 20 heavy (non-hydrogen) atoms. The fraction of sp³-hybridized carbons (Fsp3) is 0.462. The monoisotopic (exact) mass is 308 g/mol. The molecule has 0 spiro atoms. The molecule has 0 heterocycles. The molecule has 0 saturated heterocycles. The van der Waals surface area contributed by atoms with E-state index in [4.69, 9.17) is 5.73 Å². The molecule has 4 nitrogen and oxygen atoms in total. The number of halogens is 3. The fourth-order valence-electron chi connectivity index (χ4n) is 1.64. The Balaban J connectivity index is 0.00000361. The molecule has 0 aliphatic carbocycles. The SMILES string of the molecule is CC(N)CC(=O)NC(C)c1cccc(OC(F)F)c1.Cl. The number of hydrogen-bond donors (Lipinski definition) is 2. The Morgan fingerprint density at radius 1 is 1.40 bits per heavy atom. The van der Waals surface area contributed by atoms with Gasteiger partial charge in [-0.15, -0.1) is 12.4 Å². The number of benzene rings is 1. The van der Waals surface area contributed by atoms with Crippen LogP contribution in [0.1, 0.15) is 31.9 Å². The first kappa shape index (κ1) is 18.6.